The summed E-state index contributed by atoms with van der Waals surface area (Å²) in [6.07, 6.45) is 0. The van der Waals surface area contributed by atoms with Gasteiger partial charge in [0.25, 0.3) is 5.69 Å². The van der Waals surface area contributed by atoms with Gasteiger partial charge in [-0.05, 0) is 30.3 Å². The van der Waals surface area contributed by atoms with Gasteiger partial charge in [0.1, 0.15) is 0 Å². The molecule has 0 unspecified atom stereocenters. The minimum Gasteiger partial charge on any atom is -0.454 e. The number of carbonyl (C=O) groups is 4. The Morgan fingerprint density at radius 2 is 1.11 bits per heavy atom. The van der Waals surface area contributed by atoms with Crippen LogP contribution in [0.2, 0.25) is 0 Å². The largest absolute Gasteiger partial charge is 0.454 e. The second-order valence-corrected chi connectivity index (χ2v) is 8.83. The highest BCUT2D eigenvalue weighted by Gasteiger charge is 2.24. The molecule has 0 saturated carbocycles. The Kier molecular flexibility index (Phi) is 8.61. The van der Waals surface area contributed by atoms with E-state index in [4.69, 9.17) is 9.47 Å². The molecule has 0 fully saturated rings. The van der Waals surface area contributed by atoms with Crippen LogP contribution in [0.1, 0.15) is 41.4 Å². The van der Waals surface area contributed by atoms with E-state index in [0.29, 0.717) is 5.56 Å². The van der Waals surface area contributed by atoms with Crippen molar-refractivity contribution in [1.82, 2.24) is 0 Å². The van der Waals surface area contributed by atoms with Crippen LogP contribution < -0.4 is 0 Å². The number of rotatable bonds is 9. The summed E-state index contributed by atoms with van der Waals surface area (Å²) < 4.78 is 11.5. The number of nitro benzene ring substituents is 1. The molecule has 0 aromatic heterocycles. The Morgan fingerprint density at radius 1 is 0.686 bits per heavy atom. The van der Waals surface area contributed by atoms with Crippen LogP contribution >= 0.6 is 31.9 Å². The molecular formula is C24H15Br2NO8. The average molecular weight is 605 g/mol. The maximum absolute atomic E-state index is 12.6. The number of nitro groups is 1. The van der Waals surface area contributed by atoms with E-state index in [1.54, 1.807) is 24.3 Å². The normalized spacial score (nSPS) is 10.3. The first-order valence-electron chi connectivity index (χ1n) is 9.86. The number of ketones is 2. The zero-order chi connectivity index (χ0) is 25.5. The summed E-state index contributed by atoms with van der Waals surface area (Å²) in [6.45, 7) is -1.27. The summed E-state index contributed by atoms with van der Waals surface area (Å²) in [7, 11) is 0. The fourth-order valence-corrected chi connectivity index (χ4v) is 3.38. The molecule has 9 nitrogen and oxygen atoms in total. The molecule has 3 aromatic rings. The standard InChI is InChI=1S/C24H15Br2NO8/c25-16-5-1-14(2-6-16)21(28)12-34-23(30)19-10-9-18(27(32)33)11-20(19)24(31)35-13-22(29)15-3-7-17(26)8-4-15/h1-11H,12-13H2. The van der Waals surface area contributed by atoms with Crippen molar-refractivity contribution < 1.29 is 33.6 Å². The highest BCUT2D eigenvalue weighted by molar-refractivity contribution is 9.10. The summed E-state index contributed by atoms with van der Waals surface area (Å²) in [5, 5.41) is 11.2. The van der Waals surface area contributed by atoms with Gasteiger partial charge in [-0.2, -0.15) is 0 Å². The van der Waals surface area contributed by atoms with Crippen molar-refractivity contribution in [2.75, 3.05) is 13.2 Å². The van der Waals surface area contributed by atoms with Gasteiger partial charge < -0.3 is 9.47 Å². The van der Waals surface area contributed by atoms with E-state index in [1.807, 2.05) is 0 Å². The second-order valence-electron chi connectivity index (χ2n) is 7.00. The summed E-state index contributed by atoms with van der Waals surface area (Å²) in [5.41, 5.74) is -0.704. The Balaban J connectivity index is 1.74. The summed E-state index contributed by atoms with van der Waals surface area (Å²) in [4.78, 5) is 60.2. The summed E-state index contributed by atoms with van der Waals surface area (Å²) >= 11 is 6.50. The minimum absolute atomic E-state index is 0.283. The second kappa shape index (κ2) is 11.6. The maximum Gasteiger partial charge on any atom is 0.339 e. The number of hydrogen-bond acceptors (Lipinski definition) is 8. The third-order valence-corrected chi connectivity index (χ3v) is 5.71. The number of ether oxygens (including phenoxy) is 2. The number of Topliss-reactive ketones (excluding diaryl/α,β-unsaturated/α-hetero) is 2. The van der Waals surface area contributed by atoms with E-state index in [2.05, 4.69) is 31.9 Å². The third kappa shape index (κ3) is 6.90. The van der Waals surface area contributed by atoms with Gasteiger partial charge >= 0.3 is 11.9 Å². The lowest BCUT2D eigenvalue weighted by Gasteiger charge is -2.10. The number of benzene rings is 3. The maximum atomic E-state index is 12.6. The van der Waals surface area contributed by atoms with Crippen LogP contribution in [0, 0.1) is 10.1 Å². The predicted molar refractivity (Wildman–Crippen MR) is 131 cm³/mol. The van der Waals surface area contributed by atoms with E-state index in [0.717, 1.165) is 27.1 Å². The number of nitrogens with zero attached hydrogens (tertiary/aromatic N) is 1. The van der Waals surface area contributed by atoms with Crippen LogP contribution in [-0.4, -0.2) is 41.6 Å². The van der Waals surface area contributed by atoms with E-state index in [1.165, 1.54) is 24.3 Å². The van der Waals surface area contributed by atoms with Crippen molar-refractivity contribution in [3.63, 3.8) is 0 Å². The van der Waals surface area contributed by atoms with Crippen LogP contribution in [0.4, 0.5) is 5.69 Å². The average Bonchev–Trinajstić information content (AvgIpc) is 2.85. The Hall–Kier alpha value is -3.70. The number of esters is 2. The lowest BCUT2D eigenvalue weighted by molar-refractivity contribution is -0.384. The molecule has 0 spiro atoms. The highest BCUT2D eigenvalue weighted by atomic mass is 79.9. The minimum atomic E-state index is -1.13. The Bertz CT molecular complexity index is 1300. The molecule has 0 saturated heterocycles. The molecule has 11 heteroatoms. The molecule has 0 heterocycles. The molecule has 3 aromatic carbocycles. The monoisotopic (exact) mass is 603 g/mol. The van der Waals surface area contributed by atoms with Gasteiger partial charge in [0, 0.05) is 32.2 Å². The third-order valence-electron chi connectivity index (χ3n) is 4.65. The number of carbonyl (C=O) groups excluding carboxylic acids is 4. The van der Waals surface area contributed by atoms with Gasteiger partial charge in [-0.25, -0.2) is 9.59 Å². The van der Waals surface area contributed by atoms with Crippen LogP contribution in [-0.2, 0) is 9.47 Å². The van der Waals surface area contributed by atoms with E-state index in [9.17, 15) is 29.3 Å². The highest BCUT2D eigenvalue weighted by Crippen LogP contribution is 2.21. The molecule has 0 aliphatic carbocycles. The van der Waals surface area contributed by atoms with Gasteiger partial charge in [0.2, 0.25) is 0 Å². The van der Waals surface area contributed by atoms with Crippen LogP contribution in [0.5, 0.6) is 0 Å². The molecule has 0 bridgehead atoms. The van der Waals surface area contributed by atoms with Crippen molar-refractivity contribution in [3.05, 3.63) is 108 Å². The molecule has 0 radical (unpaired) electrons. The molecule has 35 heavy (non-hydrogen) atoms. The molecule has 0 amide bonds. The van der Waals surface area contributed by atoms with Crippen LogP contribution in [0.3, 0.4) is 0 Å². The molecule has 0 aliphatic heterocycles. The smallest absolute Gasteiger partial charge is 0.339 e. The van der Waals surface area contributed by atoms with E-state index < -0.39 is 52.9 Å². The van der Waals surface area contributed by atoms with Crippen molar-refractivity contribution in [2.24, 2.45) is 0 Å². The first-order valence-corrected chi connectivity index (χ1v) is 11.4. The summed E-state index contributed by atoms with van der Waals surface area (Å²) in [6, 6.07) is 15.6. The van der Waals surface area contributed by atoms with E-state index in [-0.39, 0.29) is 11.1 Å². The van der Waals surface area contributed by atoms with Gasteiger partial charge in [0.05, 0.1) is 16.1 Å². The number of hydrogen-bond donors (Lipinski definition) is 0. The zero-order valence-electron chi connectivity index (χ0n) is 17.7. The molecular weight excluding hydrogens is 590 g/mol. The molecule has 0 aliphatic rings. The summed E-state index contributed by atoms with van der Waals surface area (Å²) in [5.74, 6) is -3.20. The van der Waals surface area contributed by atoms with Gasteiger partial charge in [0.15, 0.2) is 24.8 Å². The van der Waals surface area contributed by atoms with Crippen molar-refractivity contribution in [1.29, 1.82) is 0 Å². The molecule has 0 atom stereocenters. The van der Waals surface area contributed by atoms with Gasteiger partial charge in [-0.15, -0.1) is 0 Å². The van der Waals surface area contributed by atoms with Gasteiger partial charge in [-0.3, -0.25) is 19.7 Å². The van der Waals surface area contributed by atoms with Crippen molar-refractivity contribution >= 4 is 61.1 Å². The predicted octanol–water partition coefficient (Wildman–Crippen LogP) is 5.20. The topological polar surface area (TPSA) is 130 Å². The van der Waals surface area contributed by atoms with Gasteiger partial charge in [-0.1, -0.05) is 56.1 Å². The zero-order valence-corrected chi connectivity index (χ0v) is 20.9. The molecule has 0 N–H and O–H groups in total. The lowest BCUT2D eigenvalue weighted by atomic mass is 10.1. The van der Waals surface area contributed by atoms with Crippen molar-refractivity contribution in [3.8, 4) is 0 Å². The SMILES string of the molecule is O=C(COC(=O)c1ccc([N+](=O)[O-])cc1C(=O)OCC(=O)c1ccc(Br)cc1)c1ccc(Br)cc1. The fourth-order valence-electron chi connectivity index (χ4n) is 2.85. The first-order chi connectivity index (χ1) is 16.7. The molecule has 3 rings (SSSR count). The van der Waals surface area contributed by atoms with Crippen LogP contribution in [0.15, 0.2) is 75.7 Å². The number of halogens is 2. The first kappa shape index (κ1) is 25.9. The number of non-ortho nitro benzene ring substituents is 1. The Morgan fingerprint density at radius 3 is 1.54 bits per heavy atom. The fraction of sp³-hybridized carbons (Fsp3) is 0.0833. The Labute approximate surface area is 215 Å². The van der Waals surface area contributed by atoms with Crippen LogP contribution in [0.25, 0.3) is 0 Å². The molecule has 178 valence electrons. The lowest BCUT2D eigenvalue weighted by Crippen LogP contribution is -2.20. The van der Waals surface area contributed by atoms with E-state index >= 15 is 0 Å². The van der Waals surface area contributed by atoms with Crippen molar-refractivity contribution in [2.45, 2.75) is 0 Å². The quantitative estimate of drug-likeness (QED) is 0.141.